The summed E-state index contributed by atoms with van der Waals surface area (Å²) in [4.78, 5) is 6.99. The van der Waals surface area contributed by atoms with Gasteiger partial charge < -0.3 is 13.9 Å². The third-order valence-corrected chi connectivity index (χ3v) is 8.23. The first-order valence-corrected chi connectivity index (χ1v) is 11.3. The average molecular weight is 400 g/mol. The Morgan fingerprint density at radius 1 is 0.929 bits per heavy atom. The normalized spacial score (nSPS) is 21.2. The predicted molar refractivity (Wildman–Crippen MR) is 114 cm³/mol. The van der Waals surface area contributed by atoms with E-state index in [1.165, 1.54) is 0 Å². The van der Waals surface area contributed by atoms with E-state index >= 15 is 0 Å². The van der Waals surface area contributed by atoms with Gasteiger partial charge in [0.15, 0.2) is 0 Å². The number of benzene rings is 2. The van der Waals surface area contributed by atoms with Crippen LogP contribution in [0.15, 0.2) is 65.7 Å². The highest BCUT2D eigenvalue weighted by molar-refractivity contribution is 7.55. The van der Waals surface area contributed by atoms with Gasteiger partial charge in [-0.25, -0.2) is 4.99 Å². The second kappa shape index (κ2) is 8.20. The van der Waals surface area contributed by atoms with E-state index in [4.69, 9.17) is 14.0 Å². The lowest BCUT2D eigenvalue weighted by Crippen LogP contribution is -2.52. The van der Waals surface area contributed by atoms with Crippen molar-refractivity contribution in [2.45, 2.75) is 45.1 Å². The molecule has 1 atom stereocenters. The van der Waals surface area contributed by atoms with Crippen LogP contribution in [-0.4, -0.2) is 30.0 Å². The average Bonchev–Trinajstić information content (AvgIpc) is 2.95. The molecule has 150 valence electrons. The molecule has 0 aliphatic carbocycles. The Bertz CT molecular complexity index is 845. The molecule has 0 radical (unpaired) electrons. The van der Waals surface area contributed by atoms with Crippen molar-refractivity contribution in [3.63, 3.8) is 0 Å². The van der Waals surface area contributed by atoms with Gasteiger partial charge in [-0.1, -0.05) is 60.7 Å². The highest BCUT2D eigenvalue weighted by Crippen LogP contribution is 2.71. The molecule has 0 N–H and O–H groups in total. The molecular weight excluding hydrogens is 371 g/mol. The third kappa shape index (κ3) is 3.32. The van der Waals surface area contributed by atoms with Crippen LogP contribution in [0.2, 0.25) is 0 Å². The zero-order valence-electron chi connectivity index (χ0n) is 17.0. The number of aliphatic imine (C=N–C) groups is 1. The Labute approximate surface area is 167 Å². The second-order valence-corrected chi connectivity index (χ2v) is 9.45. The number of rotatable bonds is 8. The van der Waals surface area contributed by atoms with Gasteiger partial charge in [-0.2, -0.15) is 0 Å². The van der Waals surface area contributed by atoms with Gasteiger partial charge in [0, 0.05) is 6.54 Å². The Hall–Kier alpha value is -1.94. The van der Waals surface area contributed by atoms with E-state index in [1.54, 1.807) is 6.34 Å². The third-order valence-electron chi connectivity index (χ3n) is 5.32. The fourth-order valence-corrected chi connectivity index (χ4v) is 6.49. The lowest BCUT2D eigenvalue weighted by atomic mass is 9.87. The Morgan fingerprint density at radius 2 is 1.46 bits per heavy atom. The van der Waals surface area contributed by atoms with E-state index in [1.807, 2.05) is 62.4 Å². The number of hydrogen-bond donors (Lipinski definition) is 0. The van der Waals surface area contributed by atoms with E-state index in [9.17, 15) is 4.57 Å². The Morgan fingerprint density at radius 3 is 2.00 bits per heavy atom. The maximum absolute atomic E-state index is 14.2. The molecule has 5 nitrogen and oxygen atoms in total. The fourth-order valence-electron chi connectivity index (χ4n) is 3.90. The summed E-state index contributed by atoms with van der Waals surface area (Å²) < 4.78 is 25.8. The first-order valence-electron chi connectivity index (χ1n) is 9.72. The van der Waals surface area contributed by atoms with Crippen LogP contribution in [0.4, 0.5) is 0 Å². The predicted octanol–water partition coefficient (Wildman–Crippen LogP) is 5.43. The minimum Gasteiger partial charge on any atom is -0.350 e. The zero-order chi connectivity index (χ0) is 20.3. The van der Waals surface area contributed by atoms with Crippen LogP contribution in [0.5, 0.6) is 0 Å². The van der Waals surface area contributed by atoms with Gasteiger partial charge in [-0.3, -0.25) is 4.57 Å². The van der Waals surface area contributed by atoms with E-state index in [2.05, 4.69) is 30.9 Å². The van der Waals surface area contributed by atoms with Crippen LogP contribution in [-0.2, 0) is 25.4 Å². The van der Waals surface area contributed by atoms with E-state index in [-0.39, 0.29) is 13.2 Å². The summed E-state index contributed by atoms with van der Waals surface area (Å²) >= 11 is 0. The lowest BCUT2D eigenvalue weighted by Gasteiger charge is -2.46. The van der Waals surface area contributed by atoms with Crippen molar-refractivity contribution in [1.29, 1.82) is 0 Å². The van der Waals surface area contributed by atoms with E-state index in [0.29, 0.717) is 6.54 Å². The highest BCUT2D eigenvalue weighted by Gasteiger charge is 2.65. The summed E-state index contributed by atoms with van der Waals surface area (Å²) in [5.74, 6) is 0. The lowest BCUT2D eigenvalue weighted by molar-refractivity contribution is 0.128. The van der Waals surface area contributed by atoms with Gasteiger partial charge in [0.05, 0.1) is 25.1 Å². The molecule has 1 aliphatic heterocycles. The molecule has 28 heavy (non-hydrogen) atoms. The summed E-state index contributed by atoms with van der Waals surface area (Å²) in [7, 11) is -3.62. The quantitative estimate of drug-likeness (QED) is 0.555. The van der Waals surface area contributed by atoms with Crippen molar-refractivity contribution in [2.24, 2.45) is 4.99 Å². The number of hydrogen-bond acceptors (Lipinski definition) is 5. The van der Waals surface area contributed by atoms with Gasteiger partial charge in [-0.05, 0) is 38.8 Å². The maximum atomic E-state index is 14.2. The van der Waals surface area contributed by atoms with Crippen LogP contribution in [0, 0.1) is 0 Å². The largest absolute Gasteiger partial charge is 0.364 e. The highest BCUT2D eigenvalue weighted by atomic mass is 31.2. The van der Waals surface area contributed by atoms with Crippen molar-refractivity contribution < 1.29 is 13.6 Å². The summed E-state index contributed by atoms with van der Waals surface area (Å²) in [6.07, 6.45) is 1.80. The molecule has 0 saturated carbocycles. The van der Waals surface area contributed by atoms with Crippen molar-refractivity contribution in [2.75, 3.05) is 13.2 Å². The van der Waals surface area contributed by atoms with Crippen LogP contribution in [0.25, 0.3) is 0 Å². The maximum Gasteiger partial charge on any atom is 0.364 e. The molecule has 3 rings (SSSR count). The first kappa shape index (κ1) is 20.8. The van der Waals surface area contributed by atoms with Gasteiger partial charge in [0.25, 0.3) is 0 Å². The fraction of sp³-hybridized carbons (Fsp3) is 0.409. The summed E-state index contributed by atoms with van der Waals surface area (Å²) in [6.45, 7) is 9.01. The minimum absolute atomic E-state index is 0.288. The molecule has 1 heterocycles. The molecule has 0 saturated heterocycles. The molecule has 1 aliphatic rings. The zero-order valence-corrected chi connectivity index (χ0v) is 17.9. The van der Waals surface area contributed by atoms with E-state index in [0.717, 1.165) is 11.1 Å². The molecule has 2 aromatic carbocycles. The molecule has 0 aromatic heterocycles. The van der Waals surface area contributed by atoms with Crippen molar-refractivity contribution in [3.8, 4) is 0 Å². The monoisotopic (exact) mass is 400 g/mol. The van der Waals surface area contributed by atoms with Crippen LogP contribution in [0.3, 0.4) is 0 Å². The molecule has 0 spiro atoms. The second-order valence-electron chi connectivity index (χ2n) is 7.29. The topological polar surface area (TPSA) is 51.1 Å². The molecule has 0 amide bonds. The molecule has 0 fully saturated rings. The molecule has 2 aromatic rings. The van der Waals surface area contributed by atoms with Gasteiger partial charge in [0.1, 0.15) is 0 Å². The number of nitrogens with zero attached hydrogens (tertiary/aromatic N) is 2. The molecule has 1 unspecified atom stereocenters. The molecule has 6 heteroatoms. The van der Waals surface area contributed by atoms with Crippen molar-refractivity contribution in [3.05, 3.63) is 71.8 Å². The van der Waals surface area contributed by atoms with Crippen molar-refractivity contribution >= 4 is 13.9 Å². The SMILES string of the molecule is CCOP(=O)(OCC)C1(c2ccccc2)N=CN(Cc2ccccc2)C1(C)C. The van der Waals surface area contributed by atoms with Crippen LogP contribution in [0.1, 0.15) is 38.8 Å². The molecular formula is C22H29N2O3P. The minimum atomic E-state index is -3.62. The Balaban J connectivity index is 2.13. The summed E-state index contributed by atoms with van der Waals surface area (Å²) in [6, 6.07) is 19.9. The van der Waals surface area contributed by atoms with Gasteiger partial charge in [-0.15, -0.1) is 0 Å². The molecule has 0 bridgehead atoms. The summed E-state index contributed by atoms with van der Waals surface area (Å²) in [5, 5.41) is -1.15. The van der Waals surface area contributed by atoms with Crippen LogP contribution < -0.4 is 0 Å². The van der Waals surface area contributed by atoms with Crippen LogP contribution >= 0.6 is 7.60 Å². The van der Waals surface area contributed by atoms with Gasteiger partial charge in [0.2, 0.25) is 5.28 Å². The standard InChI is InChI=1S/C22H29N2O3P/c1-5-26-28(25,27-6-2)22(20-15-11-8-12-16-20)21(3,4)24(18-23-22)17-19-13-9-7-10-14-19/h7-16,18H,5-6,17H2,1-4H3. The van der Waals surface area contributed by atoms with Gasteiger partial charge >= 0.3 is 7.60 Å². The van der Waals surface area contributed by atoms with Crippen molar-refractivity contribution in [1.82, 2.24) is 4.90 Å². The smallest absolute Gasteiger partial charge is 0.350 e. The first-order chi connectivity index (χ1) is 13.4. The van der Waals surface area contributed by atoms with E-state index < -0.39 is 18.4 Å². The Kier molecular flexibility index (Phi) is 6.09. The summed E-state index contributed by atoms with van der Waals surface area (Å²) in [5.41, 5.74) is 1.36.